The van der Waals surface area contributed by atoms with Gasteiger partial charge in [0.2, 0.25) is 5.13 Å². The molecule has 23 heavy (non-hydrogen) atoms. The summed E-state index contributed by atoms with van der Waals surface area (Å²) in [4.78, 5) is 22.9. The van der Waals surface area contributed by atoms with Crippen LogP contribution in [0.15, 0.2) is 54.6 Å². The number of carboxylic acid groups (broad SMARTS) is 1. The Bertz CT molecular complexity index is 845. The van der Waals surface area contributed by atoms with Gasteiger partial charge in [0, 0.05) is 11.1 Å². The SMILES string of the molecule is O=C(O)c1ccc(-c2nnc(NC(=O)c3ccccc3)s2)cc1. The average Bonchev–Trinajstić information content (AvgIpc) is 3.04. The topological polar surface area (TPSA) is 92.2 Å². The van der Waals surface area contributed by atoms with Gasteiger partial charge in [-0.1, -0.05) is 41.7 Å². The van der Waals surface area contributed by atoms with Crippen LogP contribution in [-0.2, 0) is 0 Å². The van der Waals surface area contributed by atoms with Crippen LogP contribution < -0.4 is 5.32 Å². The quantitative estimate of drug-likeness (QED) is 0.768. The summed E-state index contributed by atoms with van der Waals surface area (Å²) in [6, 6.07) is 15.1. The van der Waals surface area contributed by atoms with E-state index in [-0.39, 0.29) is 11.5 Å². The lowest BCUT2D eigenvalue weighted by Gasteiger charge is -2.00. The molecule has 0 fully saturated rings. The first kappa shape index (κ1) is 14.9. The first-order valence-electron chi connectivity index (χ1n) is 6.67. The van der Waals surface area contributed by atoms with E-state index in [1.54, 1.807) is 36.4 Å². The van der Waals surface area contributed by atoms with Crippen molar-refractivity contribution in [2.24, 2.45) is 0 Å². The molecule has 2 N–H and O–H groups in total. The predicted octanol–water partition coefficient (Wildman–Crippen LogP) is 3.16. The number of nitrogens with one attached hydrogen (secondary N) is 1. The van der Waals surface area contributed by atoms with E-state index in [4.69, 9.17) is 5.11 Å². The number of hydrogen-bond donors (Lipinski definition) is 2. The van der Waals surface area contributed by atoms with E-state index >= 15 is 0 Å². The van der Waals surface area contributed by atoms with Crippen molar-refractivity contribution in [3.8, 4) is 10.6 Å². The smallest absolute Gasteiger partial charge is 0.335 e. The summed E-state index contributed by atoms with van der Waals surface area (Å²) < 4.78 is 0. The number of aromatic carboxylic acids is 1. The third kappa shape index (κ3) is 3.41. The van der Waals surface area contributed by atoms with E-state index in [9.17, 15) is 9.59 Å². The second-order valence-electron chi connectivity index (χ2n) is 4.62. The Hall–Kier alpha value is -3.06. The summed E-state index contributed by atoms with van der Waals surface area (Å²) >= 11 is 1.22. The van der Waals surface area contributed by atoms with Crippen LogP contribution in [-0.4, -0.2) is 27.2 Å². The van der Waals surface area contributed by atoms with Gasteiger partial charge in [-0.2, -0.15) is 0 Å². The number of nitrogens with zero attached hydrogens (tertiary/aromatic N) is 2. The molecule has 0 radical (unpaired) electrons. The molecule has 0 saturated carbocycles. The lowest BCUT2D eigenvalue weighted by molar-refractivity contribution is 0.0696. The van der Waals surface area contributed by atoms with Crippen molar-refractivity contribution in [1.29, 1.82) is 0 Å². The highest BCUT2D eigenvalue weighted by Crippen LogP contribution is 2.26. The summed E-state index contributed by atoms with van der Waals surface area (Å²) in [6.07, 6.45) is 0. The highest BCUT2D eigenvalue weighted by molar-refractivity contribution is 7.18. The fourth-order valence-corrected chi connectivity index (χ4v) is 2.65. The average molecular weight is 325 g/mol. The second-order valence-corrected chi connectivity index (χ2v) is 5.59. The molecule has 0 atom stereocenters. The molecule has 0 bridgehead atoms. The van der Waals surface area contributed by atoms with Crippen LogP contribution in [0.2, 0.25) is 0 Å². The second kappa shape index (κ2) is 6.37. The third-order valence-corrected chi connectivity index (χ3v) is 3.95. The molecule has 1 aromatic heterocycles. The minimum absolute atomic E-state index is 0.205. The van der Waals surface area contributed by atoms with E-state index in [0.29, 0.717) is 15.7 Å². The lowest BCUT2D eigenvalue weighted by atomic mass is 10.1. The molecule has 0 spiro atoms. The Morgan fingerprint density at radius 3 is 2.26 bits per heavy atom. The van der Waals surface area contributed by atoms with Crippen molar-refractivity contribution in [3.63, 3.8) is 0 Å². The highest BCUT2D eigenvalue weighted by Gasteiger charge is 2.11. The molecule has 2 aromatic carbocycles. The van der Waals surface area contributed by atoms with Crippen LogP contribution in [0.5, 0.6) is 0 Å². The Kier molecular flexibility index (Phi) is 4.11. The maximum absolute atomic E-state index is 12.0. The summed E-state index contributed by atoms with van der Waals surface area (Å²) in [5, 5.41) is 20.5. The van der Waals surface area contributed by atoms with Gasteiger partial charge >= 0.3 is 5.97 Å². The molecular weight excluding hydrogens is 314 g/mol. The molecule has 0 unspecified atom stereocenters. The molecule has 7 heteroatoms. The standard InChI is InChI=1S/C16H11N3O3S/c20-13(10-4-2-1-3-5-10)17-16-19-18-14(23-16)11-6-8-12(9-7-11)15(21)22/h1-9H,(H,21,22)(H,17,19,20). The van der Waals surface area contributed by atoms with Gasteiger partial charge in [-0.3, -0.25) is 10.1 Å². The molecule has 0 saturated heterocycles. The van der Waals surface area contributed by atoms with E-state index < -0.39 is 5.97 Å². The van der Waals surface area contributed by atoms with Gasteiger partial charge < -0.3 is 5.11 Å². The minimum Gasteiger partial charge on any atom is -0.478 e. The normalized spacial score (nSPS) is 10.3. The van der Waals surface area contributed by atoms with Crippen LogP contribution in [0.1, 0.15) is 20.7 Å². The van der Waals surface area contributed by atoms with Crippen LogP contribution >= 0.6 is 11.3 Å². The number of rotatable bonds is 4. The summed E-state index contributed by atoms with van der Waals surface area (Å²) in [7, 11) is 0. The van der Waals surface area contributed by atoms with Crippen LogP contribution in [0.4, 0.5) is 5.13 Å². The molecule has 0 aliphatic carbocycles. The molecule has 0 aliphatic heterocycles. The number of carbonyl (C=O) groups excluding carboxylic acids is 1. The van der Waals surface area contributed by atoms with E-state index in [0.717, 1.165) is 5.56 Å². The summed E-state index contributed by atoms with van der Waals surface area (Å²) in [5.41, 5.74) is 1.48. The van der Waals surface area contributed by atoms with Gasteiger partial charge in [0.25, 0.3) is 5.91 Å². The molecule has 114 valence electrons. The van der Waals surface area contributed by atoms with Crippen molar-refractivity contribution in [2.45, 2.75) is 0 Å². The Labute approximate surface area is 135 Å². The fourth-order valence-electron chi connectivity index (χ4n) is 1.90. The van der Waals surface area contributed by atoms with E-state index in [1.807, 2.05) is 6.07 Å². The maximum atomic E-state index is 12.0. The van der Waals surface area contributed by atoms with Gasteiger partial charge in [0.1, 0.15) is 5.01 Å². The molecule has 6 nitrogen and oxygen atoms in total. The number of aromatic nitrogens is 2. The number of carbonyl (C=O) groups is 2. The first-order chi connectivity index (χ1) is 11.1. The van der Waals surface area contributed by atoms with Crippen LogP contribution in [0.3, 0.4) is 0 Å². The number of carboxylic acids is 1. The molecule has 3 rings (SSSR count). The Morgan fingerprint density at radius 2 is 1.61 bits per heavy atom. The molecule has 1 heterocycles. The zero-order valence-electron chi connectivity index (χ0n) is 11.8. The maximum Gasteiger partial charge on any atom is 0.335 e. The molecular formula is C16H11N3O3S. The lowest BCUT2D eigenvalue weighted by Crippen LogP contribution is -2.11. The van der Waals surface area contributed by atoms with Crippen LogP contribution in [0.25, 0.3) is 10.6 Å². The van der Waals surface area contributed by atoms with Gasteiger partial charge in [0.15, 0.2) is 0 Å². The minimum atomic E-state index is -0.982. The number of benzene rings is 2. The number of amides is 1. The summed E-state index contributed by atoms with van der Waals surface area (Å²) in [5.74, 6) is -1.24. The fraction of sp³-hybridized carbons (Fsp3) is 0. The monoisotopic (exact) mass is 325 g/mol. The highest BCUT2D eigenvalue weighted by atomic mass is 32.1. The van der Waals surface area contributed by atoms with Crippen molar-refractivity contribution >= 4 is 28.3 Å². The van der Waals surface area contributed by atoms with Gasteiger partial charge in [-0.25, -0.2) is 4.79 Å². The molecule has 3 aromatic rings. The van der Waals surface area contributed by atoms with Crippen molar-refractivity contribution < 1.29 is 14.7 Å². The van der Waals surface area contributed by atoms with Gasteiger partial charge in [-0.05, 0) is 24.3 Å². The van der Waals surface area contributed by atoms with Crippen molar-refractivity contribution in [1.82, 2.24) is 10.2 Å². The third-order valence-electron chi connectivity index (χ3n) is 3.06. The largest absolute Gasteiger partial charge is 0.478 e. The number of hydrogen-bond acceptors (Lipinski definition) is 5. The van der Waals surface area contributed by atoms with E-state index in [1.165, 1.54) is 23.5 Å². The molecule has 1 amide bonds. The Balaban J connectivity index is 1.75. The zero-order valence-corrected chi connectivity index (χ0v) is 12.6. The first-order valence-corrected chi connectivity index (χ1v) is 7.49. The van der Waals surface area contributed by atoms with Crippen molar-refractivity contribution in [2.75, 3.05) is 5.32 Å². The zero-order chi connectivity index (χ0) is 16.2. The summed E-state index contributed by atoms with van der Waals surface area (Å²) in [6.45, 7) is 0. The number of anilines is 1. The van der Waals surface area contributed by atoms with Gasteiger partial charge in [0.05, 0.1) is 5.56 Å². The molecule has 0 aliphatic rings. The van der Waals surface area contributed by atoms with Crippen LogP contribution in [0, 0.1) is 0 Å². The van der Waals surface area contributed by atoms with E-state index in [2.05, 4.69) is 15.5 Å². The van der Waals surface area contributed by atoms with Crippen molar-refractivity contribution in [3.05, 3.63) is 65.7 Å². The van der Waals surface area contributed by atoms with Gasteiger partial charge in [-0.15, -0.1) is 10.2 Å². The predicted molar refractivity (Wildman–Crippen MR) is 86.7 cm³/mol. The Morgan fingerprint density at radius 1 is 0.913 bits per heavy atom.